The summed E-state index contributed by atoms with van der Waals surface area (Å²) < 4.78 is 31.9. The van der Waals surface area contributed by atoms with Crippen LogP contribution in [0.4, 0.5) is 8.78 Å². The highest BCUT2D eigenvalue weighted by atomic mass is 19.1. The summed E-state index contributed by atoms with van der Waals surface area (Å²) in [5.74, 6) is -2.75. The lowest BCUT2D eigenvalue weighted by atomic mass is 10.1. The molecule has 2 aromatic rings. The zero-order chi connectivity index (χ0) is 15.4. The van der Waals surface area contributed by atoms with Crippen LogP contribution in [-0.4, -0.2) is 11.1 Å². The van der Waals surface area contributed by atoms with Crippen molar-refractivity contribution in [3.63, 3.8) is 0 Å². The second-order valence-electron chi connectivity index (χ2n) is 4.20. The molecule has 0 aliphatic carbocycles. The molecule has 106 valence electrons. The van der Waals surface area contributed by atoms with E-state index in [0.29, 0.717) is 5.56 Å². The number of halogens is 2. The van der Waals surface area contributed by atoms with E-state index in [-0.39, 0.29) is 17.9 Å². The molecule has 4 nitrogen and oxygen atoms in total. The standard InChI is InChI=1S/C15H9F2NO3/c16-11-4-9(7-18)3-10(5-11)8-21-12-1-2-13(15(19)20)14(17)6-12/h1-6H,8H2,(H,19,20). The van der Waals surface area contributed by atoms with Crippen LogP contribution in [0, 0.1) is 23.0 Å². The van der Waals surface area contributed by atoms with Gasteiger partial charge in [0.25, 0.3) is 0 Å². The summed E-state index contributed by atoms with van der Waals surface area (Å²) >= 11 is 0. The van der Waals surface area contributed by atoms with Gasteiger partial charge in [-0.1, -0.05) is 0 Å². The van der Waals surface area contributed by atoms with Crippen molar-refractivity contribution in [2.24, 2.45) is 0 Å². The average molecular weight is 289 g/mol. The van der Waals surface area contributed by atoms with Crippen LogP contribution in [-0.2, 0) is 6.61 Å². The van der Waals surface area contributed by atoms with Crippen molar-refractivity contribution in [3.8, 4) is 11.8 Å². The van der Waals surface area contributed by atoms with E-state index in [1.807, 2.05) is 6.07 Å². The molecule has 0 unspecified atom stereocenters. The van der Waals surface area contributed by atoms with Crippen molar-refractivity contribution < 1.29 is 23.4 Å². The topological polar surface area (TPSA) is 70.3 Å². The van der Waals surface area contributed by atoms with Crippen molar-refractivity contribution in [1.82, 2.24) is 0 Å². The van der Waals surface area contributed by atoms with E-state index in [1.165, 1.54) is 18.2 Å². The molecule has 0 aromatic heterocycles. The number of benzene rings is 2. The van der Waals surface area contributed by atoms with Gasteiger partial charge < -0.3 is 9.84 Å². The molecule has 0 amide bonds. The molecule has 0 aliphatic heterocycles. The number of rotatable bonds is 4. The highest BCUT2D eigenvalue weighted by molar-refractivity contribution is 5.88. The Labute approximate surface area is 118 Å². The van der Waals surface area contributed by atoms with Crippen LogP contribution in [0.3, 0.4) is 0 Å². The number of hydrogen-bond donors (Lipinski definition) is 1. The molecule has 0 radical (unpaired) electrons. The molecule has 0 atom stereocenters. The Bertz CT molecular complexity index is 738. The number of nitriles is 1. The fourth-order valence-electron chi connectivity index (χ4n) is 1.72. The van der Waals surface area contributed by atoms with Gasteiger partial charge in [0.05, 0.1) is 17.2 Å². The van der Waals surface area contributed by atoms with Crippen LogP contribution in [0.1, 0.15) is 21.5 Å². The predicted molar refractivity (Wildman–Crippen MR) is 68.8 cm³/mol. The Morgan fingerprint density at radius 3 is 2.62 bits per heavy atom. The van der Waals surface area contributed by atoms with Crippen molar-refractivity contribution in [2.75, 3.05) is 0 Å². The molecule has 0 spiro atoms. The molecule has 0 saturated carbocycles. The first-order valence-electron chi connectivity index (χ1n) is 5.85. The van der Waals surface area contributed by atoms with E-state index in [9.17, 15) is 13.6 Å². The van der Waals surface area contributed by atoms with Gasteiger partial charge in [0.15, 0.2) is 0 Å². The molecule has 0 aliphatic rings. The van der Waals surface area contributed by atoms with Gasteiger partial charge in [-0.2, -0.15) is 5.26 Å². The van der Waals surface area contributed by atoms with Gasteiger partial charge in [-0.15, -0.1) is 0 Å². The van der Waals surface area contributed by atoms with Gasteiger partial charge >= 0.3 is 5.97 Å². The molecule has 21 heavy (non-hydrogen) atoms. The van der Waals surface area contributed by atoms with Gasteiger partial charge in [-0.25, -0.2) is 13.6 Å². The first-order chi connectivity index (χ1) is 9.99. The Kier molecular flexibility index (Phi) is 4.14. The zero-order valence-corrected chi connectivity index (χ0v) is 10.6. The van der Waals surface area contributed by atoms with Gasteiger partial charge in [-0.05, 0) is 35.9 Å². The van der Waals surface area contributed by atoms with Gasteiger partial charge in [0.1, 0.15) is 24.0 Å². The third-order valence-corrected chi connectivity index (χ3v) is 2.66. The largest absolute Gasteiger partial charge is 0.489 e. The molecule has 2 rings (SSSR count). The maximum atomic E-state index is 13.4. The number of hydrogen-bond acceptors (Lipinski definition) is 3. The first kappa shape index (κ1) is 14.5. The Balaban J connectivity index is 2.13. The van der Waals surface area contributed by atoms with Crippen LogP contribution >= 0.6 is 0 Å². The van der Waals surface area contributed by atoms with Gasteiger partial charge in [-0.3, -0.25) is 0 Å². The summed E-state index contributed by atoms with van der Waals surface area (Å²) in [5, 5.41) is 17.4. The van der Waals surface area contributed by atoms with Crippen molar-refractivity contribution in [3.05, 3.63) is 64.7 Å². The molecule has 0 bridgehead atoms. The minimum absolute atomic E-state index is 0.0711. The van der Waals surface area contributed by atoms with Gasteiger partial charge in [0, 0.05) is 6.07 Å². The lowest BCUT2D eigenvalue weighted by molar-refractivity contribution is 0.0692. The van der Waals surface area contributed by atoms with Crippen molar-refractivity contribution in [2.45, 2.75) is 6.61 Å². The maximum absolute atomic E-state index is 13.4. The summed E-state index contributed by atoms with van der Waals surface area (Å²) in [4.78, 5) is 10.7. The highest BCUT2D eigenvalue weighted by Gasteiger charge is 2.11. The molecule has 0 fully saturated rings. The second kappa shape index (κ2) is 6.01. The van der Waals surface area contributed by atoms with E-state index in [4.69, 9.17) is 15.1 Å². The normalized spacial score (nSPS) is 9.95. The Hall–Kier alpha value is -2.94. The highest BCUT2D eigenvalue weighted by Crippen LogP contribution is 2.18. The van der Waals surface area contributed by atoms with E-state index in [0.717, 1.165) is 18.2 Å². The fraction of sp³-hybridized carbons (Fsp3) is 0.0667. The quantitative estimate of drug-likeness (QED) is 0.938. The smallest absolute Gasteiger partial charge is 0.338 e. The third-order valence-electron chi connectivity index (χ3n) is 2.66. The number of carboxylic acid groups (broad SMARTS) is 1. The summed E-state index contributed by atoms with van der Waals surface area (Å²) in [6.45, 7) is -0.0711. The predicted octanol–water partition coefficient (Wildman–Crippen LogP) is 3.11. The van der Waals surface area contributed by atoms with Crippen molar-refractivity contribution in [1.29, 1.82) is 5.26 Å². The number of ether oxygens (including phenoxy) is 1. The summed E-state index contributed by atoms with van der Waals surface area (Å²) in [6, 6.07) is 8.87. The number of aromatic carboxylic acids is 1. The van der Waals surface area contributed by atoms with Crippen LogP contribution < -0.4 is 4.74 Å². The molecular weight excluding hydrogens is 280 g/mol. The monoisotopic (exact) mass is 289 g/mol. The summed E-state index contributed by atoms with van der Waals surface area (Å²) in [7, 11) is 0. The van der Waals surface area contributed by atoms with Crippen LogP contribution in [0.15, 0.2) is 36.4 Å². The zero-order valence-electron chi connectivity index (χ0n) is 10.6. The lowest BCUT2D eigenvalue weighted by Gasteiger charge is -2.08. The molecule has 1 N–H and O–H groups in total. The molecule has 0 saturated heterocycles. The minimum atomic E-state index is -1.37. The van der Waals surface area contributed by atoms with Gasteiger partial charge in [0.2, 0.25) is 0 Å². The molecular formula is C15H9F2NO3. The van der Waals surface area contributed by atoms with Crippen LogP contribution in [0.5, 0.6) is 5.75 Å². The van der Waals surface area contributed by atoms with E-state index in [2.05, 4.69) is 0 Å². The van der Waals surface area contributed by atoms with E-state index in [1.54, 1.807) is 0 Å². The average Bonchev–Trinajstić information content (AvgIpc) is 2.44. The summed E-state index contributed by atoms with van der Waals surface area (Å²) in [5.41, 5.74) is 0.107. The van der Waals surface area contributed by atoms with E-state index >= 15 is 0 Å². The van der Waals surface area contributed by atoms with Crippen molar-refractivity contribution >= 4 is 5.97 Å². The number of carbonyl (C=O) groups is 1. The Morgan fingerprint density at radius 2 is 2.00 bits per heavy atom. The summed E-state index contributed by atoms with van der Waals surface area (Å²) in [6.07, 6.45) is 0. The van der Waals surface area contributed by atoms with Crippen LogP contribution in [0.2, 0.25) is 0 Å². The number of carboxylic acids is 1. The molecule has 0 heterocycles. The Morgan fingerprint density at radius 1 is 1.24 bits per heavy atom. The fourth-order valence-corrected chi connectivity index (χ4v) is 1.72. The first-order valence-corrected chi connectivity index (χ1v) is 5.85. The molecule has 2 aromatic carbocycles. The van der Waals surface area contributed by atoms with Crippen LogP contribution in [0.25, 0.3) is 0 Å². The van der Waals surface area contributed by atoms with E-state index < -0.39 is 23.2 Å². The third kappa shape index (κ3) is 3.54. The second-order valence-corrected chi connectivity index (χ2v) is 4.20. The number of nitrogens with zero attached hydrogens (tertiary/aromatic N) is 1. The lowest BCUT2D eigenvalue weighted by Crippen LogP contribution is -2.02. The minimum Gasteiger partial charge on any atom is -0.489 e. The molecule has 6 heteroatoms. The SMILES string of the molecule is N#Cc1cc(F)cc(COc2ccc(C(=O)O)c(F)c2)c1. The maximum Gasteiger partial charge on any atom is 0.338 e.